The van der Waals surface area contributed by atoms with Gasteiger partial charge in [0.05, 0.1) is 4.92 Å². The first-order chi connectivity index (χ1) is 8.90. The van der Waals surface area contributed by atoms with E-state index >= 15 is 0 Å². The Morgan fingerprint density at radius 3 is 2.58 bits per heavy atom. The molecule has 0 spiro atoms. The molecule has 2 rings (SSSR count). The third kappa shape index (κ3) is 2.64. The molecule has 98 valence electrons. The predicted octanol–water partition coefficient (Wildman–Crippen LogP) is 3.81. The lowest BCUT2D eigenvalue weighted by Crippen LogP contribution is -2.02. The molecule has 0 fully saturated rings. The van der Waals surface area contributed by atoms with E-state index in [0.29, 0.717) is 0 Å². The van der Waals surface area contributed by atoms with Gasteiger partial charge in [-0.1, -0.05) is 11.6 Å². The Kier molecular flexibility index (Phi) is 3.64. The number of nitro groups is 1. The lowest BCUT2D eigenvalue weighted by Gasteiger charge is -2.06. The van der Waals surface area contributed by atoms with Crippen molar-refractivity contribution in [1.29, 1.82) is 0 Å². The highest BCUT2D eigenvalue weighted by Crippen LogP contribution is 2.33. The second kappa shape index (κ2) is 5.07. The third-order valence-electron chi connectivity index (χ3n) is 2.40. The third-order valence-corrected chi connectivity index (χ3v) is 2.80. The Morgan fingerprint density at radius 2 is 2.00 bits per heavy atom. The molecule has 1 aromatic heterocycles. The monoisotopic (exact) mass is 301 g/mol. The quantitative estimate of drug-likeness (QED) is 0.480. The number of nitrogens with zero attached hydrogens (tertiary/aromatic N) is 3. The fraction of sp³-hybridized carbons (Fsp3) is 0.0909. The zero-order chi connectivity index (χ0) is 14.2. The van der Waals surface area contributed by atoms with E-state index in [1.165, 1.54) is 19.1 Å². The maximum atomic E-state index is 13.8. The first-order valence-corrected chi connectivity index (χ1v) is 5.79. The number of rotatable bonds is 2. The van der Waals surface area contributed by atoms with Gasteiger partial charge in [0.2, 0.25) is 5.28 Å². The van der Waals surface area contributed by atoms with E-state index in [-0.39, 0.29) is 32.9 Å². The molecule has 0 aliphatic heterocycles. The molecular weight excluding hydrogens is 296 g/mol. The number of hydrogen-bond acceptors (Lipinski definition) is 4. The van der Waals surface area contributed by atoms with E-state index in [1.54, 1.807) is 0 Å². The van der Waals surface area contributed by atoms with Crippen molar-refractivity contribution in [2.45, 2.75) is 6.92 Å². The van der Waals surface area contributed by atoms with Crippen molar-refractivity contribution in [3.8, 4) is 11.3 Å². The molecule has 1 heterocycles. The Morgan fingerprint density at radius 1 is 1.32 bits per heavy atom. The molecule has 2 aromatic rings. The lowest BCUT2D eigenvalue weighted by atomic mass is 10.1. The van der Waals surface area contributed by atoms with E-state index in [4.69, 9.17) is 23.2 Å². The van der Waals surface area contributed by atoms with Crippen LogP contribution in [-0.4, -0.2) is 14.9 Å². The van der Waals surface area contributed by atoms with Gasteiger partial charge in [-0.05, 0) is 36.7 Å². The van der Waals surface area contributed by atoms with E-state index in [1.807, 2.05) is 0 Å². The van der Waals surface area contributed by atoms with Crippen LogP contribution in [0.3, 0.4) is 0 Å². The summed E-state index contributed by atoms with van der Waals surface area (Å²) in [7, 11) is 0. The standard InChI is InChI=1S/C11H6Cl2FN3O2/c1-5-10(17(18)19)9(16-11(13)15-5)7-3-2-6(12)4-8(7)14/h2-4H,1H3. The van der Waals surface area contributed by atoms with Crippen LogP contribution < -0.4 is 0 Å². The molecule has 0 saturated heterocycles. The van der Waals surface area contributed by atoms with Crippen LogP contribution in [0.4, 0.5) is 10.1 Å². The predicted molar refractivity (Wildman–Crippen MR) is 68.8 cm³/mol. The highest BCUT2D eigenvalue weighted by molar-refractivity contribution is 6.30. The minimum Gasteiger partial charge on any atom is -0.258 e. The molecule has 0 aliphatic rings. The topological polar surface area (TPSA) is 68.9 Å². The first-order valence-electron chi connectivity index (χ1n) is 5.04. The Labute approximate surface area is 117 Å². The fourth-order valence-electron chi connectivity index (χ4n) is 1.62. The normalized spacial score (nSPS) is 10.5. The Hall–Kier alpha value is -1.79. The number of halogens is 3. The van der Waals surface area contributed by atoms with Gasteiger partial charge in [-0.2, -0.15) is 0 Å². The second-order valence-corrected chi connectivity index (χ2v) is 4.43. The molecular formula is C11H6Cl2FN3O2. The molecule has 0 bridgehead atoms. The van der Waals surface area contributed by atoms with Gasteiger partial charge in [-0.25, -0.2) is 14.4 Å². The number of aryl methyl sites for hydroxylation is 1. The van der Waals surface area contributed by atoms with Crippen molar-refractivity contribution in [2.24, 2.45) is 0 Å². The van der Waals surface area contributed by atoms with Crippen molar-refractivity contribution in [3.63, 3.8) is 0 Å². The fourth-order valence-corrected chi connectivity index (χ4v) is 1.99. The van der Waals surface area contributed by atoms with Crippen molar-refractivity contribution in [3.05, 3.63) is 50.1 Å². The zero-order valence-corrected chi connectivity index (χ0v) is 11.0. The van der Waals surface area contributed by atoms with Crippen LogP contribution in [0.25, 0.3) is 11.3 Å². The maximum absolute atomic E-state index is 13.8. The molecule has 5 nitrogen and oxygen atoms in total. The van der Waals surface area contributed by atoms with E-state index < -0.39 is 10.7 Å². The van der Waals surface area contributed by atoms with Gasteiger partial charge in [0.25, 0.3) is 0 Å². The van der Waals surface area contributed by atoms with Crippen LogP contribution >= 0.6 is 23.2 Å². The Balaban J connectivity index is 2.77. The smallest absolute Gasteiger partial charge is 0.258 e. The SMILES string of the molecule is Cc1nc(Cl)nc(-c2ccc(Cl)cc2F)c1[N+](=O)[O-]. The van der Waals surface area contributed by atoms with Gasteiger partial charge < -0.3 is 0 Å². The summed E-state index contributed by atoms with van der Waals surface area (Å²) < 4.78 is 13.8. The molecule has 0 amide bonds. The summed E-state index contributed by atoms with van der Waals surface area (Å²) >= 11 is 11.3. The average Bonchev–Trinajstić information content (AvgIpc) is 2.26. The molecule has 0 N–H and O–H groups in total. The van der Waals surface area contributed by atoms with Crippen LogP contribution in [-0.2, 0) is 0 Å². The van der Waals surface area contributed by atoms with E-state index in [0.717, 1.165) is 6.07 Å². The number of hydrogen-bond donors (Lipinski definition) is 0. The summed E-state index contributed by atoms with van der Waals surface area (Å²) in [6.45, 7) is 1.41. The lowest BCUT2D eigenvalue weighted by molar-refractivity contribution is -0.385. The van der Waals surface area contributed by atoms with Crippen molar-refractivity contribution in [1.82, 2.24) is 9.97 Å². The summed E-state index contributed by atoms with van der Waals surface area (Å²) in [5.41, 5.74) is -0.542. The van der Waals surface area contributed by atoms with Crippen LogP contribution in [0.1, 0.15) is 5.69 Å². The Bertz CT molecular complexity index is 679. The number of benzene rings is 1. The van der Waals surface area contributed by atoms with E-state index in [2.05, 4.69) is 9.97 Å². The van der Waals surface area contributed by atoms with Gasteiger partial charge in [0, 0.05) is 10.6 Å². The summed E-state index contributed by atoms with van der Waals surface area (Å²) in [6.07, 6.45) is 0. The van der Waals surface area contributed by atoms with Crippen LogP contribution in [0.15, 0.2) is 18.2 Å². The van der Waals surface area contributed by atoms with Gasteiger partial charge in [0.15, 0.2) is 5.69 Å². The molecule has 0 radical (unpaired) electrons. The molecule has 19 heavy (non-hydrogen) atoms. The van der Waals surface area contributed by atoms with Gasteiger partial charge in [-0.15, -0.1) is 0 Å². The highest BCUT2D eigenvalue weighted by atomic mass is 35.5. The van der Waals surface area contributed by atoms with E-state index in [9.17, 15) is 14.5 Å². The summed E-state index contributed by atoms with van der Waals surface area (Å²) in [5.74, 6) is -0.718. The molecule has 0 unspecified atom stereocenters. The van der Waals surface area contributed by atoms with Crippen LogP contribution in [0, 0.1) is 22.9 Å². The van der Waals surface area contributed by atoms with Crippen molar-refractivity contribution < 1.29 is 9.31 Å². The highest BCUT2D eigenvalue weighted by Gasteiger charge is 2.24. The molecule has 8 heteroatoms. The zero-order valence-electron chi connectivity index (χ0n) is 9.52. The minimum absolute atomic E-state index is 0.0523. The average molecular weight is 302 g/mol. The second-order valence-electron chi connectivity index (χ2n) is 3.66. The first kappa shape index (κ1) is 13.6. The van der Waals surface area contributed by atoms with Crippen molar-refractivity contribution in [2.75, 3.05) is 0 Å². The molecule has 0 saturated carbocycles. The molecule has 1 aromatic carbocycles. The summed E-state index contributed by atoms with van der Waals surface area (Å²) in [5, 5.41) is 11.0. The minimum atomic E-state index is -0.718. The largest absolute Gasteiger partial charge is 0.316 e. The maximum Gasteiger partial charge on any atom is 0.316 e. The van der Waals surface area contributed by atoms with Gasteiger partial charge in [-0.3, -0.25) is 10.1 Å². The van der Waals surface area contributed by atoms with Crippen LogP contribution in [0.5, 0.6) is 0 Å². The summed E-state index contributed by atoms with van der Waals surface area (Å²) in [6, 6.07) is 3.77. The summed E-state index contributed by atoms with van der Waals surface area (Å²) in [4.78, 5) is 17.8. The molecule has 0 aliphatic carbocycles. The van der Waals surface area contributed by atoms with Crippen LogP contribution in [0.2, 0.25) is 10.3 Å². The van der Waals surface area contributed by atoms with Crippen molar-refractivity contribution >= 4 is 28.9 Å². The van der Waals surface area contributed by atoms with Gasteiger partial charge >= 0.3 is 5.69 Å². The van der Waals surface area contributed by atoms with Gasteiger partial charge in [0.1, 0.15) is 11.5 Å². The number of aromatic nitrogens is 2. The molecule has 0 atom stereocenters.